The minimum Gasteiger partial charge on any atom is -0.482 e. The highest BCUT2D eigenvalue weighted by molar-refractivity contribution is 6.30. The van der Waals surface area contributed by atoms with Crippen LogP contribution in [0.3, 0.4) is 0 Å². The molecular weight excluding hydrogens is 484 g/mol. The Labute approximate surface area is 204 Å². The molecule has 1 atom stereocenters. The maximum atomic E-state index is 13.9. The molecule has 0 bridgehead atoms. The van der Waals surface area contributed by atoms with E-state index in [1.165, 1.54) is 11.1 Å². The fourth-order valence-electron chi connectivity index (χ4n) is 3.87. The summed E-state index contributed by atoms with van der Waals surface area (Å²) < 4.78 is 37.5. The number of carbonyl (C=O) groups excluding carboxylic acids is 1. The molecule has 1 aliphatic heterocycles. The molecule has 1 N–H and O–H groups in total. The van der Waals surface area contributed by atoms with Crippen molar-refractivity contribution < 1.29 is 37.8 Å². The summed E-state index contributed by atoms with van der Waals surface area (Å²) in [6.07, 6.45) is -0.536. The molecule has 1 unspecified atom stereocenters. The number of fused-ring (bicyclic) bond motifs is 1. The molecule has 0 aliphatic carbocycles. The molecule has 1 heterocycles. The van der Waals surface area contributed by atoms with Crippen molar-refractivity contribution in [3.63, 3.8) is 0 Å². The summed E-state index contributed by atoms with van der Waals surface area (Å²) >= 11 is 6.24. The van der Waals surface area contributed by atoms with Crippen LogP contribution in [0.1, 0.15) is 28.3 Å². The Hall–Kier alpha value is -3.69. The lowest BCUT2D eigenvalue weighted by Gasteiger charge is -2.36. The molecule has 3 aromatic carbocycles. The predicted molar refractivity (Wildman–Crippen MR) is 121 cm³/mol. The van der Waals surface area contributed by atoms with Crippen molar-refractivity contribution in [2.24, 2.45) is 0 Å². The van der Waals surface area contributed by atoms with E-state index in [1.807, 2.05) is 24.3 Å². The van der Waals surface area contributed by atoms with Gasteiger partial charge < -0.3 is 19.4 Å². The van der Waals surface area contributed by atoms with Gasteiger partial charge in [-0.15, -0.1) is 5.06 Å². The number of nitrogens with zero attached hydrogens (tertiary/aromatic N) is 1. The van der Waals surface area contributed by atoms with Gasteiger partial charge in [0.25, 0.3) is 0 Å². The van der Waals surface area contributed by atoms with Crippen molar-refractivity contribution in [2.45, 2.75) is 19.1 Å². The van der Waals surface area contributed by atoms with Gasteiger partial charge in [-0.2, -0.15) is 0 Å². The van der Waals surface area contributed by atoms with Gasteiger partial charge in [-0.25, -0.2) is 18.4 Å². The third-order valence-corrected chi connectivity index (χ3v) is 5.64. The van der Waals surface area contributed by atoms with E-state index in [2.05, 4.69) is 0 Å². The number of hydrogen-bond acceptors (Lipinski definition) is 6. The first-order valence-electron chi connectivity index (χ1n) is 10.6. The van der Waals surface area contributed by atoms with E-state index in [1.54, 1.807) is 18.2 Å². The van der Waals surface area contributed by atoms with Crippen molar-refractivity contribution in [1.29, 1.82) is 0 Å². The number of rotatable bonds is 7. The highest BCUT2D eigenvalue weighted by Gasteiger charge is 2.34. The van der Waals surface area contributed by atoms with Crippen LogP contribution in [-0.4, -0.2) is 35.4 Å². The Morgan fingerprint density at radius 2 is 1.86 bits per heavy atom. The standard InChI is InChI=1S/C25H20ClF2NO6/c26-17-6-8-22(33-14-23(30)31)20(11-17)24-19-4-2-1-3-15(19)9-10-29(24)35-25(32)34-13-16-5-7-18(27)12-21(16)28/h1-8,11-12,24H,9-10,13-14H2,(H,30,31). The Morgan fingerprint density at radius 1 is 1.06 bits per heavy atom. The quantitative estimate of drug-likeness (QED) is 0.438. The molecule has 35 heavy (non-hydrogen) atoms. The number of hydroxylamine groups is 2. The summed E-state index contributed by atoms with van der Waals surface area (Å²) in [5.74, 6) is -2.48. The van der Waals surface area contributed by atoms with Gasteiger partial charge in [-0.3, -0.25) is 0 Å². The maximum Gasteiger partial charge on any atom is 0.528 e. The van der Waals surface area contributed by atoms with Crippen molar-refractivity contribution in [3.8, 4) is 5.75 Å². The van der Waals surface area contributed by atoms with Crippen LogP contribution in [0, 0.1) is 11.6 Å². The maximum absolute atomic E-state index is 13.9. The van der Waals surface area contributed by atoms with Crippen LogP contribution >= 0.6 is 11.6 Å². The zero-order valence-corrected chi connectivity index (χ0v) is 19.0. The van der Waals surface area contributed by atoms with Gasteiger partial charge in [-0.05, 0) is 47.9 Å². The van der Waals surface area contributed by atoms with Crippen molar-refractivity contribution in [2.75, 3.05) is 13.2 Å². The Bertz CT molecular complexity index is 1250. The number of carbonyl (C=O) groups is 2. The molecule has 0 saturated heterocycles. The van der Waals surface area contributed by atoms with Crippen molar-refractivity contribution in [1.82, 2.24) is 5.06 Å². The second kappa shape index (κ2) is 10.7. The highest BCUT2D eigenvalue weighted by atomic mass is 35.5. The molecule has 0 saturated carbocycles. The molecule has 0 aromatic heterocycles. The number of carboxylic acid groups (broad SMARTS) is 1. The van der Waals surface area contributed by atoms with Gasteiger partial charge in [0.1, 0.15) is 24.0 Å². The van der Waals surface area contributed by atoms with Gasteiger partial charge in [0.2, 0.25) is 0 Å². The molecule has 182 valence electrons. The largest absolute Gasteiger partial charge is 0.528 e. The van der Waals surface area contributed by atoms with E-state index in [9.17, 15) is 18.4 Å². The molecule has 7 nitrogen and oxygen atoms in total. The first-order valence-corrected chi connectivity index (χ1v) is 11.0. The van der Waals surface area contributed by atoms with E-state index in [4.69, 9.17) is 31.0 Å². The topological polar surface area (TPSA) is 85.3 Å². The van der Waals surface area contributed by atoms with Crippen LogP contribution in [0.4, 0.5) is 13.6 Å². The van der Waals surface area contributed by atoms with Gasteiger partial charge in [0, 0.05) is 28.8 Å². The third-order valence-electron chi connectivity index (χ3n) is 5.41. The summed E-state index contributed by atoms with van der Waals surface area (Å²) in [5.41, 5.74) is 2.29. The Morgan fingerprint density at radius 3 is 2.63 bits per heavy atom. The lowest BCUT2D eigenvalue weighted by molar-refractivity contribution is -0.152. The number of ether oxygens (including phenoxy) is 2. The molecular formula is C25H20ClF2NO6. The minimum atomic E-state index is -1.15. The Balaban J connectivity index is 1.60. The van der Waals surface area contributed by atoms with Gasteiger partial charge in [-0.1, -0.05) is 35.9 Å². The van der Waals surface area contributed by atoms with Crippen LogP contribution in [0.5, 0.6) is 5.75 Å². The molecule has 0 amide bonds. The molecule has 0 radical (unpaired) electrons. The third kappa shape index (κ3) is 5.87. The summed E-state index contributed by atoms with van der Waals surface area (Å²) in [5, 5.41) is 10.8. The minimum absolute atomic E-state index is 0.0110. The van der Waals surface area contributed by atoms with Gasteiger partial charge in [0.15, 0.2) is 6.61 Å². The molecule has 4 rings (SSSR count). The smallest absolute Gasteiger partial charge is 0.482 e. The zero-order chi connectivity index (χ0) is 24.9. The number of hydrogen-bond donors (Lipinski definition) is 1. The monoisotopic (exact) mass is 503 g/mol. The lowest BCUT2D eigenvalue weighted by Crippen LogP contribution is -2.38. The van der Waals surface area contributed by atoms with E-state index in [-0.39, 0.29) is 17.9 Å². The highest BCUT2D eigenvalue weighted by Crippen LogP contribution is 2.40. The van der Waals surface area contributed by atoms with Crippen LogP contribution in [0.15, 0.2) is 60.7 Å². The number of halogens is 3. The fourth-order valence-corrected chi connectivity index (χ4v) is 4.05. The molecule has 0 spiro atoms. The second-order valence-electron chi connectivity index (χ2n) is 7.72. The average molecular weight is 504 g/mol. The molecule has 0 fully saturated rings. The number of benzene rings is 3. The fraction of sp³-hybridized carbons (Fsp3) is 0.200. The Kier molecular flexibility index (Phi) is 7.48. The van der Waals surface area contributed by atoms with Gasteiger partial charge >= 0.3 is 12.1 Å². The van der Waals surface area contributed by atoms with Crippen LogP contribution in [0.25, 0.3) is 0 Å². The van der Waals surface area contributed by atoms with E-state index < -0.39 is 43.0 Å². The summed E-state index contributed by atoms with van der Waals surface area (Å²) in [6.45, 7) is -0.744. The molecule has 10 heteroatoms. The molecule has 1 aliphatic rings. The average Bonchev–Trinajstić information content (AvgIpc) is 2.82. The predicted octanol–water partition coefficient (Wildman–Crippen LogP) is 5.30. The van der Waals surface area contributed by atoms with Crippen LogP contribution in [-0.2, 0) is 27.4 Å². The lowest BCUT2D eigenvalue weighted by atomic mass is 9.89. The summed E-state index contributed by atoms with van der Waals surface area (Å²) in [7, 11) is 0. The first kappa shape index (κ1) is 24.4. The number of aliphatic carboxylic acids is 1. The zero-order valence-electron chi connectivity index (χ0n) is 18.2. The van der Waals surface area contributed by atoms with E-state index in [0.29, 0.717) is 23.1 Å². The summed E-state index contributed by atoms with van der Waals surface area (Å²) in [6, 6.07) is 14.5. The van der Waals surface area contributed by atoms with Crippen LogP contribution < -0.4 is 4.74 Å². The van der Waals surface area contributed by atoms with Gasteiger partial charge in [0.05, 0.1) is 6.04 Å². The SMILES string of the molecule is O=C(O)COc1ccc(Cl)cc1C1c2ccccc2CCN1OC(=O)OCc1ccc(F)cc1F. The van der Waals surface area contributed by atoms with Crippen molar-refractivity contribution >= 4 is 23.7 Å². The van der Waals surface area contributed by atoms with E-state index in [0.717, 1.165) is 17.2 Å². The van der Waals surface area contributed by atoms with Crippen LogP contribution in [0.2, 0.25) is 5.02 Å². The number of carboxylic acids is 1. The first-order chi connectivity index (χ1) is 16.8. The molecule has 3 aromatic rings. The second-order valence-corrected chi connectivity index (χ2v) is 8.16. The normalized spacial score (nSPS) is 15.2. The van der Waals surface area contributed by atoms with Crippen molar-refractivity contribution in [3.05, 3.63) is 99.6 Å². The summed E-state index contributed by atoms with van der Waals surface area (Å²) in [4.78, 5) is 29.1. The van der Waals surface area contributed by atoms with E-state index >= 15 is 0 Å².